The predicted octanol–water partition coefficient (Wildman–Crippen LogP) is 2.98. The Morgan fingerprint density at radius 2 is 2.04 bits per heavy atom. The van der Waals surface area contributed by atoms with Crippen LogP contribution in [0.4, 0.5) is 5.69 Å². The topological polar surface area (TPSA) is 84.8 Å². The first-order chi connectivity index (χ1) is 13.0. The van der Waals surface area contributed by atoms with Crippen LogP contribution in [-0.4, -0.2) is 26.8 Å². The third-order valence-corrected chi connectivity index (χ3v) is 7.15. The van der Waals surface area contributed by atoms with E-state index in [2.05, 4.69) is 9.71 Å². The van der Waals surface area contributed by atoms with Crippen molar-refractivity contribution >= 4 is 39.1 Å². The first-order valence-corrected chi connectivity index (χ1v) is 10.4. The maximum atomic E-state index is 12.5. The molecule has 1 saturated carbocycles. The van der Waals surface area contributed by atoms with Gasteiger partial charge in [0.2, 0.25) is 0 Å². The van der Waals surface area contributed by atoms with Gasteiger partial charge >= 0.3 is 5.97 Å². The molecule has 138 valence electrons. The number of anilines is 1. The van der Waals surface area contributed by atoms with Gasteiger partial charge < -0.3 is 10.1 Å². The highest BCUT2D eigenvalue weighted by molar-refractivity contribution is 7.90. The minimum Gasteiger partial charge on any atom is -0.457 e. The van der Waals surface area contributed by atoms with Crippen LogP contribution in [0.2, 0.25) is 5.02 Å². The number of hydrogen-bond donors (Lipinski definition) is 1. The number of halogens is 1. The van der Waals surface area contributed by atoms with Gasteiger partial charge in [0.05, 0.1) is 11.6 Å². The van der Waals surface area contributed by atoms with E-state index in [1.807, 2.05) is 18.2 Å². The van der Waals surface area contributed by atoms with E-state index in [9.17, 15) is 13.2 Å². The van der Waals surface area contributed by atoms with E-state index in [4.69, 9.17) is 16.3 Å². The number of sulfonamides is 1. The summed E-state index contributed by atoms with van der Waals surface area (Å²) in [7, 11) is -3.78. The molecule has 2 aromatic rings. The Morgan fingerprint density at radius 3 is 2.89 bits per heavy atom. The molecular formula is C19H15ClN2O4S. The van der Waals surface area contributed by atoms with Gasteiger partial charge in [-0.15, -0.1) is 4.40 Å². The van der Waals surface area contributed by atoms with Crippen molar-refractivity contribution in [3.8, 4) is 0 Å². The van der Waals surface area contributed by atoms with Crippen molar-refractivity contribution < 1.29 is 17.9 Å². The summed E-state index contributed by atoms with van der Waals surface area (Å²) in [6.45, 7) is -0.204. The van der Waals surface area contributed by atoms with Gasteiger partial charge in [-0.3, -0.25) is 4.79 Å². The number of ether oxygens (including phenoxy) is 1. The summed E-state index contributed by atoms with van der Waals surface area (Å²) < 4.78 is 33.5. The fourth-order valence-corrected chi connectivity index (χ4v) is 5.57. The van der Waals surface area contributed by atoms with E-state index in [0.29, 0.717) is 5.69 Å². The summed E-state index contributed by atoms with van der Waals surface area (Å²) in [5.41, 5.74) is 2.68. The number of nitrogens with one attached hydrogen (secondary N) is 1. The molecule has 8 heteroatoms. The smallest absolute Gasteiger partial charge is 0.310 e. The predicted molar refractivity (Wildman–Crippen MR) is 101 cm³/mol. The normalized spacial score (nSPS) is 26.1. The van der Waals surface area contributed by atoms with Crippen LogP contribution in [0.3, 0.4) is 0 Å². The number of hydrogen-bond acceptors (Lipinski definition) is 5. The molecule has 0 aromatic heterocycles. The molecule has 0 spiro atoms. The largest absolute Gasteiger partial charge is 0.457 e. The van der Waals surface area contributed by atoms with E-state index in [-0.39, 0.29) is 41.1 Å². The highest BCUT2D eigenvalue weighted by Gasteiger charge is 2.60. The Bertz CT molecular complexity index is 1110. The summed E-state index contributed by atoms with van der Waals surface area (Å²) in [6, 6.07) is 12.3. The van der Waals surface area contributed by atoms with Gasteiger partial charge in [-0.1, -0.05) is 35.9 Å². The zero-order valence-electron chi connectivity index (χ0n) is 14.1. The number of fused-ring (bicyclic) bond motifs is 4. The van der Waals surface area contributed by atoms with Crippen molar-refractivity contribution in [2.45, 2.75) is 17.2 Å². The Kier molecular flexibility index (Phi) is 3.61. The molecule has 5 rings (SSSR count). The molecule has 1 heterocycles. The van der Waals surface area contributed by atoms with Crippen LogP contribution in [0.15, 0.2) is 51.8 Å². The quantitative estimate of drug-likeness (QED) is 0.798. The Balaban J connectivity index is 1.28. The molecule has 1 N–H and O–H groups in total. The Hall–Kier alpha value is -2.38. The number of carbonyl (C=O) groups excluding carboxylic acids is 1. The van der Waals surface area contributed by atoms with Crippen LogP contribution in [-0.2, 0) is 26.0 Å². The van der Waals surface area contributed by atoms with Crippen LogP contribution in [0.5, 0.6) is 0 Å². The fraction of sp³-hybridized carbons (Fsp3) is 0.263. The van der Waals surface area contributed by atoms with Gasteiger partial charge in [0.15, 0.2) is 5.84 Å². The van der Waals surface area contributed by atoms with Gasteiger partial charge in [0.25, 0.3) is 10.0 Å². The van der Waals surface area contributed by atoms with Crippen LogP contribution in [0.25, 0.3) is 0 Å². The van der Waals surface area contributed by atoms with Gasteiger partial charge in [-0.05, 0) is 41.7 Å². The second-order valence-corrected chi connectivity index (χ2v) is 8.95. The van der Waals surface area contributed by atoms with Gasteiger partial charge in [0, 0.05) is 10.9 Å². The number of rotatable bonds is 3. The molecule has 3 atom stereocenters. The zero-order valence-corrected chi connectivity index (χ0v) is 15.6. The lowest BCUT2D eigenvalue weighted by atomic mass is 10.0. The minimum atomic E-state index is -3.78. The number of benzene rings is 2. The highest BCUT2D eigenvalue weighted by Crippen LogP contribution is 2.62. The van der Waals surface area contributed by atoms with Crippen LogP contribution in [0, 0.1) is 11.8 Å². The van der Waals surface area contributed by atoms with Gasteiger partial charge in [-0.25, -0.2) is 0 Å². The molecule has 27 heavy (non-hydrogen) atoms. The van der Waals surface area contributed by atoms with E-state index < -0.39 is 10.0 Å². The maximum Gasteiger partial charge on any atom is 0.310 e. The van der Waals surface area contributed by atoms with Crippen molar-refractivity contribution in [1.29, 1.82) is 0 Å². The fourth-order valence-electron chi connectivity index (χ4n) is 4.18. The molecule has 1 aliphatic heterocycles. The first kappa shape index (κ1) is 16.8. The summed E-state index contributed by atoms with van der Waals surface area (Å²) in [5.74, 6) is -0.0354. The first-order valence-electron chi connectivity index (χ1n) is 8.59. The van der Waals surface area contributed by atoms with Crippen molar-refractivity contribution in [1.82, 2.24) is 0 Å². The molecule has 3 aliphatic rings. The van der Waals surface area contributed by atoms with Crippen molar-refractivity contribution in [2.24, 2.45) is 16.2 Å². The molecule has 0 amide bonds. The van der Waals surface area contributed by atoms with Crippen LogP contribution >= 0.6 is 11.6 Å². The highest BCUT2D eigenvalue weighted by atomic mass is 35.5. The van der Waals surface area contributed by atoms with Crippen molar-refractivity contribution in [2.75, 3.05) is 11.9 Å². The standard InChI is InChI=1S/C19H15ClN2O4S/c20-13-5-3-4-10-11(13)8-12-17(10)18(12)19(23)26-9-16-21-14-6-1-2-7-15(14)27(24,25)22-16/h1-7,12,17-18H,8-9H2,(H,21,22). The second kappa shape index (κ2) is 5.81. The Labute approximate surface area is 161 Å². The second-order valence-electron chi connectivity index (χ2n) is 6.97. The lowest BCUT2D eigenvalue weighted by molar-refractivity contribution is -0.144. The van der Waals surface area contributed by atoms with Crippen molar-refractivity contribution in [3.05, 3.63) is 58.6 Å². The average Bonchev–Trinajstić information content (AvgIpc) is 3.22. The zero-order chi connectivity index (χ0) is 18.8. The lowest BCUT2D eigenvalue weighted by Gasteiger charge is -2.18. The number of carbonyl (C=O) groups is 1. The number of nitrogens with zero attached hydrogens (tertiary/aromatic N) is 1. The van der Waals surface area contributed by atoms with E-state index in [1.54, 1.807) is 18.2 Å². The third kappa shape index (κ3) is 2.64. The number of para-hydroxylation sites is 1. The minimum absolute atomic E-state index is 0.108. The molecular weight excluding hydrogens is 388 g/mol. The average molecular weight is 403 g/mol. The van der Waals surface area contributed by atoms with Gasteiger partial charge in [-0.2, -0.15) is 8.42 Å². The molecule has 6 nitrogen and oxygen atoms in total. The summed E-state index contributed by atoms with van der Waals surface area (Å²) in [5, 5.41) is 3.66. The maximum absolute atomic E-state index is 12.5. The SMILES string of the molecule is O=C(OCC1=NS(=O)(=O)c2ccccc2N1)C1C2Cc3c(Cl)cccc3C21. The molecule has 0 bridgehead atoms. The molecule has 0 saturated heterocycles. The van der Waals surface area contributed by atoms with Crippen molar-refractivity contribution in [3.63, 3.8) is 0 Å². The molecule has 0 radical (unpaired) electrons. The van der Waals surface area contributed by atoms with Gasteiger partial charge in [0.1, 0.15) is 11.5 Å². The third-order valence-electron chi connectivity index (χ3n) is 5.42. The number of esters is 1. The van der Waals surface area contributed by atoms with E-state index >= 15 is 0 Å². The Morgan fingerprint density at radius 1 is 1.22 bits per heavy atom. The monoisotopic (exact) mass is 402 g/mol. The molecule has 1 fully saturated rings. The summed E-state index contributed by atoms with van der Waals surface area (Å²) >= 11 is 6.22. The molecule has 2 aromatic carbocycles. The summed E-state index contributed by atoms with van der Waals surface area (Å²) in [4.78, 5) is 12.6. The number of amidine groups is 1. The molecule has 3 unspecified atom stereocenters. The lowest BCUT2D eigenvalue weighted by Crippen LogP contribution is -2.27. The van der Waals surface area contributed by atoms with Crippen LogP contribution < -0.4 is 5.32 Å². The van der Waals surface area contributed by atoms with Crippen LogP contribution in [0.1, 0.15) is 17.0 Å². The summed E-state index contributed by atoms with van der Waals surface area (Å²) in [6.07, 6.45) is 0.778. The molecule has 2 aliphatic carbocycles. The van der Waals surface area contributed by atoms with E-state index in [0.717, 1.165) is 22.6 Å². The van der Waals surface area contributed by atoms with E-state index in [1.165, 1.54) is 6.07 Å².